The molecule has 0 saturated carbocycles. The van der Waals surface area contributed by atoms with Gasteiger partial charge in [0.25, 0.3) is 5.69 Å². The average molecular weight is 384 g/mol. The molecule has 27 heavy (non-hydrogen) atoms. The van der Waals surface area contributed by atoms with Gasteiger partial charge in [0.05, 0.1) is 16.4 Å². The first kappa shape index (κ1) is 18.5. The summed E-state index contributed by atoms with van der Waals surface area (Å²) in [5, 5.41) is 25.8. The number of carbonyl (C=O) groups is 1. The van der Waals surface area contributed by atoms with Gasteiger partial charge in [0, 0.05) is 6.07 Å². The monoisotopic (exact) mass is 384 g/mol. The lowest BCUT2D eigenvalue weighted by atomic mass is 10.1. The minimum absolute atomic E-state index is 0.0112. The summed E-state index contributed by atoms with van der Waals surface area (Å²) in [6, 6.07) is 12.3. The third-order valence-corrected chi connectivity index (χ3v) is 4.78. The van der Waals surface area contributed by atoms with Crippen LogP contribution in [0.2, 0.25) is 0 Å². The minimum Gasteiger partial charge on any atom is -0.320 e. The van der Waals surface area contributed by atoms with Crippen LogP contribution >= 0.6 is 11.8 Å². The van der Waals surface area contributed by atoms with Crippen molar-refractivity contribution in [3.63, 3.8) is 0 Å². The van der Waals surface area contributed by atoms with Crippen molar-refractivity contribution >= 4 is 29.0 Å². The molecule has 1 amide bonds. The van der Waals surface area contributed by atoms with Crippen LogP contribution in [0.5, 0.6) is 0 Å². The third-order valence-electron chi connectivity index (χ3n) is 3.86. The van der Waals surface area contributed by atoms with Crippen LogP contribution in [0.25, 0.3) is 5.69 Å². The summed E-state index contributed by atoms with van der Waals surface area (Å²) >= 11 is 1.14. The van der Waals surface area contributed by atoms with Crippen LogP contribution in [0, 0.1) is 24.0 Å². The Balaban J connectivity index is 1.71. The van der Waals surface area contributed by atoms with E-state index in [0.717, 1.165) is 28.6 Å². The number of aryl methyl sites for hydroxylation is 2. The van der Waals surface area contributed by atoms with E-state index in [0.29, 0.717) is 5.16 Å². The van der Waals surface area contributed by atoms with Gasteiger partial charge in [-0.2, -0.15) is 4.68 Å². The second kappa shape index (κ2) is 7.96. The second-order valence-electron chi connectivity index (χ2n) is 5.76. The molecule has 0 spiro atoms. The molecule has 2 aromatic carbocycles. The lowest BCUT2D eigenvalue weighted by Gasteiger charge is -2.09. The largest absolute Gasteiger partial charge is 0.320 e. The number of amides is 1. The average Bonchev–Trinajstić information content (AvgIpc) is 3.12. The molecule has 10 heteroatoms. The van der Waals surface area contributed by atoms with Crippen LogP contribution in [-0.4, -0.2) is 36.8 Å². The van der Waals surface area contributed by atoms with E-state index in [1.807, 2.05) is 37.3 Å². The predicted octanol–water partition coefficient (Wildman–Crippen LogP) is 2.92. The van der Waals surface area contributed by atoms with Gasteiger partial charge in [-0.25, -0.2) is 0 Å². The number of aromatic nitrogens is 4. The molecular weight excluding hydrogens is 368 g/mol. The highest BCUT2D eigenvalue weighted by Crippen LogP contribution is 2.28. The zero-order valence-corrected chi connectivity index (χ0v) is 15.4. The molecule has 0 aliphatic rings. The van der Waals surface area contributed by atoms with E-state index in [-0.39, 0.29) is 23.0 Å². The molecule has 0 fully saturated rings. The molecule has 0 aliphatic heterocycles. The first-order valence-electron chi connectivity index (χ1n) is 7.98. The number of nitrogens with one attached hydrogen (secondary N) is 1. The molecular formula is C17H16N6O3S. The number of carbonyl (C=O) groups excluding carboxylic acids is 1. The molecule has 0 atom stereocenters. The molecule has 138 valence electrons. The zero-order chi connectivity index (χ0) is 19.4. The van der Waals surface area contributed by atoms with Crippen molar-refractivity contribution in [2.24, 2.45) is 0 Å². The van der Waals surface area contributed by atoms with Crippen molar-refractivity contribution in [2.75, 3.05) is 11.1 Å². The molecule has 1 heterocycles. The van der Waals surface area contributed by atoms with Crippen LogP contribution < -0.4 is 5.32 Å². The van der Waals surface area contributed by atoms with E-state index in [2.05, 4.69) is 20.8 Å². The van der Waals surface area contributed by atoms with E-state index >= 15 is 0 Å². The minimum atomic E-state index is -0.509. The molecule has 0 aliphatic carbocycles. The molecule has 1 aromatic heterocycles. The van der Waals surface area contributed by atoms with Gasteiger partial charge in [0.1, 0.15) is 5.69 Å². The first-order valence-corrected chi connectivity index (χ1v) is 8.96. The SMILES string of the molecule is Cc1cc(NC(=O)CSc2nnnn2-c2ccccc2)c([N+](=O)[O-])cc1C. The Bertz CT molecular complexity index is 990. The van der Waals surface area contributed by atoms with Crippen LogP contribution in [-0.2, 0) is 4.79 Å². The van der Waals surface area contributed by atoms with Gasteiger partial charge in [-0.15, -0.1) is 5.10 Å². The van der Waals surface area contributed by atoms with E-state index < -0.39 is 4.92 Å². The summed E-state index contributed by atoms with van der Waals surface area (Å²) in [7, 11) is 0. The fraction of sp³-hybridized carbons (Fsp3) is 0.176. The molecule has 1 N–H and O–H groups in total. The number of para-hydroxylation sites is 1. The number of nitro benzene ring substituents is 1. The normalized spacial score (nSPS) is 10.6. The fourth-order valence-electron chi connectivity index (χ4n) is 2.37. The van der Waals surface area contributed by atoms with Crippen LogP contribution in [0.4, 0.5) is 11.4 Å². The quantitative estimate of drug-likeness (QED) is 0.394. The maximum atomic E-state index is 12.3. The Morgan fingerprint density at radius 2 is 1.93 bits per heavy atom. The Morgan fingerprint density at radius 3 is 2.63 bits per heavy atom. The van der Waals surface area contributed by atoms with E-state index in [1.54, 1.807) is 13.0 Å². The summed E-state index contributed by atoms with van der Waals surface area (Å²) in [6.45, 7) is 3.62. The molecule has 0 bridgehead atoms. The number of hydrogen-bond donors (Lipinski definition) is 1. The Labute approximate surface area is 158 Å². The van der Waals surface area contributed by atoms with Gasteiger partial charge in [0.15, 0.2) is 0 Å². The topological polar surface area (TPSA) is 116 Å². The second-order valence-corrected chi connectivity index (χ2v) is 6.70. The summed E-state index contributed by atoms with van der Waals surface area (Å²) in [6.07, 6.45) is 0. The third kappa shape index (κ3) is 4.29. The highest BCUT2D eigenvalue weighted by Gasteiger charge is 2.18. The highest BCUT2D eigenvalue weighted by molar-refractivity contribution is 7.99. The van der Waals surface area contributed by atoms with Gasteiger partial charge in [-0.05, 0) is 53.6 Å². The first-order chi connectivity index (χ1) is 13.0. The van der Waals surface area contributed by atoms with Gasteiger partial charge >= 0.3 is 0 Å². The van der Waals surface area contributed by atoms with Gasteiger partial charge in [-0.3, -0.25) is 14.9 Å². The van der Waals surface area contributed by atoms with Crippen molar-refractivity contribution in [1.29, 1.82) is 0 Å². The van der Waals surface area contributed by atoms with Crippen LogP contribution in [0.3, 0.4) is 0 Å². The highest BCUT2D eigenvalue weighted by atomic mass is 32.2. The number of nitro groups is 1. The summed E-state index contributed by atoms with van der Waals surface area (Å²) < 4.78 is 1.52. The van der Waals surface area contributed by atoms with Gasteiger partial charge in [0.2, 0.25) is 11.1 Å². The standard InChI is InChI=1S/C17H16N6O3S/c1-11-8-14(15(23(25)26)9-12(11)2)18-16(24)10-27-17-19-20-21-22(17)13-6-4-3-5-7-13/h3-9H,10H2,1-2H3,(H,18,24). The maximum Gasteiger partial charge on any atom is 0.293 e. The number of benzene rings is 2. The molecule has 0 radical (unpaired) electrons. The molecule has 0 saturated heterocycles. The number of tetrazole rings is 1. The van der Waals surface area contributed by atoms with Crippen LogP contribution in [0.1, 0.15) is 11.1 Å². The van der Waals surface area contributed by atoms with Crippen molar-refractivity contribution in [2.45, 2.75) is 19.0 Å². The van der Waals surface area contributed by atoms with Crippen molar-refractivity contribution in [3.8, 4) is 5.69 Å². The number of thioether (sulfide) groups is 1. The smallest absolute Gasteiger partial charge is 0.293 e. The predicted molar refractivity (Wildman–Crippen MR) is 101 cm³/mol. The van der Waals surface area contributed by atoms with Crippen LogP contribution in [0.15, 0.2) is 47.6 Å². The van der Waals surface area contributed by atoms with Crippen molar-refractivity contribution in [3.05, 3.63) is 63.7 Å². The summed E-state index contributed by atoms with van der Waals surface area (Å²) in [5.41, 5.74) is 2.46. The lowest BCUT2D eigenvalue weighted by Crippen LogP contribution is -2.16. The van der Waals surface area contributed by atoms with Crippen molar-refractivity contribution < 1.29 is 9.72 Å². The van der Waals surface area contributed by atoms with E-state index in [4.69, 9.17) is 0 Å². The molecule has 3 aromatic rings. The van der Waals surface area contributed by atoms with E-state index in [1.165, 1.54) is 10.7 Å². The number of rotatable bonds is 6. The van der Waals surface area contributed by atoms with E-state index in [9.17, 15) is 14.9 Å². The molecule has 9 nitrogen and oxygen atoms in total. The summed E-state index contributed by atoms with van der Waals surface area (Å²) in [4.78, 5) is 23.0. The Kier molecular flexibility index (Phi) is 5.46. The number of hydrogen-bond acceptors (Lipinski definition) is 7. The number of anilines is 1. The Morgan fingerprint density at radius 1 is 1.22 bits per heavy atom. The number of nitrogens with zero attached hydrogens (tertiary/aromatic N) is 5. The fourth-order valence-corrected chi connectivity index (χ4v) is 3.06. The zero-order valence-electron chi connectivity index (χ0n) is 14.6. The summed E-state index contributed by atoms with van der Waals surface area (Å²) in [5.74, 6) is -0.369. The van der Waals surface area contributed by atoms with Gasteiger partial charge < -0.3 is 5.32 Å². The lowest BCUT2D eigenvalue weighted by molar-refractivity contribution is -0.384. The van der Waals surface area contributed by atoms with Gasteiger partial charge in [-0.1, -0.05) is 30.0 Å². The Hall–Kier alpha value is -3.27. The maximum absolute atomic E-state index is 12.3. The molecule has 0 unspecified atom stereocenters. The molecule has 3 rings (SSSR count). The van der Waals surface area contributed by atoms with Crippen molar-refractivity contribution in [1.82, 2.24) is 20.2 Å².